The van der Waals surface area contributed by atoms with Crippen LogP contribution in [0, 0.1) is 10.1 Å². The van der Waals surface area contributed by atoms with Gasteiger partial charge in [-0.2, -0.15) is 0 Å². The molecule has 3 aromatic rings. The number of hydrogen-bond acceptors (Lipinski definition) is 5. The largest absolute Gasteiger partial charge is 0.334 e. The minimum atomic E-state index is -0.824. The number of nitrogens with one attached hydrogen (secondary N) is 4. The predicted octanol–water partition coefficient (Wildman–Crippen LogP) is 2.99. The van der Waals surface area contributed by atoms with Gasteiger partial charge in [0.2, 0.25) is 5.91 Å². The Labute approximate surface area is 190 Å². The number of rotatable bonds is 11. The van der Waals surface area contributed by atoms with E-state index < -0.39 is 17.1 Å². The molecular weight excluding hydrogens is 424 g/mol. The van der Waals surface area contributed by atoms with Crippen LogP contribution in [0.1, 0.15) is 24.8 Å². The molecule has 0 fully saturated rings. The minimum absolute atomic E-state index is 0.175. The SMILES string of the molecule is O=C(NCc1ccccc1)N[C@@H](CCCCN[N+](=O)[O-])C(=O)Nc1cccc2cccnc12. The maximum Gasteiger partial charge on any atom is 0.315 e. The normalized spacial score (nSPS) is 11.4. The topological polar surface area (TPSA) is 138 Å². The molecule has 0 saturated carbocycles. The molecular formula is C23H26N6O4. The van der Waals surface area contributed by atoms with E-state index in [1.165, 1.54) is 0 Å². The van der Waals surface area contributed by atoms with Gasteiger partial charge in [0.15, 0.2) is 5.03 Å². The number of fused-ring (bicyclic) bond motifs is 1. The van der Waals surface area contributed by atoms with Crippen LogP contribution in [-0.4, -0.2) is 34.5 Å². The number of para-hydroxylation sites is 1. The Morgan fingerprint density at radius 3 is 2.58 bits per heavy atom. The number of nitrogens with zero attached hydrogens (tertiary/aromatic N) is 2. The summed E-state index contributed by atoms with van der Waals surface area (Å²) in [5, 5.41) is 19.0. The zero-order valence-electron chi connectivity index (χ0n) is 18.0. The Morgan fingerprint density at radius 2 is 1.79 bits per heavy atom. The first-order chi connectivity index (χ1) is 16.0. The molecule has 0 aliphatic rings. The number of hydrazine groups is 1. The lowest BCUT2D eigenvalue weighted by Crippen LogP contribution is -2.47. The van der Waals surface area contributed by atoms with Gasteiger partial charge in [0.25, 0.3) is 0 Å². The van der Waals surface area contributed by atoms with Crippen molar-refractivity contribution in [1.82, 2.24) is 21.0 Å². The number of unbranched alkanes of at least 4 members (excludes halogenated alkanes) is 1. The van der Waals surface area contributed by atoms with Crippen molar-refractivity contribution in [3.63, 3.8) is 0 Å². The lowest BCUT2D eigenvalue weighted by atomic mass is 10.1. The van der Waals surface area contributed by atoms with Gasteiger partial charge < -0.3 is 16.0 Å². The molecule has 1 aromatic heterocycles. The van der Waals surface area contributed by atoms with Crippen LogP contribution in [0.3, 0.4) is 0 Å². The highest BCUT2D eigenvalue weighted by molar-refractivity contribution is 6.03. The second-order valence-corrected chi connectivity index (χ2v) is 7.40. The molecule has 10 nitrogen and oxygen atoms in total. The highest BCUT2D eigenvalue weighted by Crippen LogP contribution is 2.21. The molecule has 172 valence electrons. The van der Waals surface area contributed by atoms with E-state index >= 15 is 0 Å². The Bertz CT molecular complexity index is 1090. The summed E-state index contributed by atoms with van der Waals surface area (Å²) in [6.07, 6.45) is 2.95. The zero-order chi connectivity index (χ0) is 23.5. The third kappa shape index (κ3) is 7.46. The molecule has 0 radical (unpaired) electrons. The Morgan fingerprint density at radius 1 is 1.00 bits per heavy atom. The van der Waals surface area contributed by atoms with E-state index in [4.69, 9.17) is 0 Å². The van der Waals surface area contributed by atoms with E-state index in [-0.39, 0.29) is 12.5 Å². The average molecular weight is 450 g/mol. The summed E-state index contributed by atoms with van der Waals surface area (Å²) in [7, 11) is 0. The summed E-state index contributed by atoms with van der Waals surface area (Å²) >= 11 is 0. The van der Waals surface area contributed by atoms with Crippen molar-refractivity contribution in [3.05, 3.63) is 82.5 Å². The smallest absolute Gasteiger partial charge is 0.315 e. The van der Waals surface area contributed by atoms with Gasteiger partial charge in [-0.1, -0.05) is 48.5 Å². The molecule has 0 spiro atoms. The number of carbonyl (C=O) groups is 2. The van der Waals surface area contributed by atoms with E-state index in [2.05, 4.69) is 26.4 Å². The molecule has 10 heteroatoms. The van der Waals surface area contributed by atoms with Crippen LogP contribution in [0.4, 0.5) is 10.5 Å². The third-order valence-electron chi connectivity index (χ3n) is 4.97. The molecule has 3 amide bonds. The first-order valence-electron chi connectivity index (χ1n) is 10.6. The summed E-state index contributed by atoms with van der Waals surface area (Å²) in [6.45, 7) is 0.496. The van der Waals surface area contributed by atoms with Crippen LogP contribution >= 0.6 is 0 Å². The highest BCUT2D eigenvalue weighted by atomic mass is 16.7. The third-order valence-corrected chi connectivity index (χ3v) is 4.97. The number of nitro groups is 1. The van der Waals surface area contributed by atoms with Crippen molar-refractivity contribution in [2.45, 2.75) is 31.8 Å². The van der Waals surface area contributed by atoms with E-state index in [9.17, 15) is 19.7 Å². The summed E-state index contributed by atoms with van der Waals surface area (Å²) in [4.78, 5) is 40.2. The Hall–Kier alpha value is -4.21. The average Bonchev–Trinajstić information content (AvgIpc) is 2.82. The summed E-state index contributed by atoms with van der Waals surface area (Å²) in [5.41, 5.74) is 4.23. The standard InChI is InChI=1S/C23H26N6O4/c30-22(27-19-13-6-10-18-11-7-14-24-21(18)19)20(12-4-5-15-26-29(32)33)28-23(31)25-16-17-8-2-1-3-9-17/h1-3,6-11,13-14,20,26H,4-5,12,15-16H2,(H,27,30)(H2,25,28,31)/t20-/m0/s1. The van der Waals surface area contributed by atoms with Gasteiger partial charge in [-0.05, 0) is 37.0 Å². The quantitative estimate of drug-likeness (QED) is 0.201. The lowest BCUT2D eigenvalue weighted by molar-refractivity contribution is -0.544. The van der Waals surface area contributed by atoms with Crippen LogP contribution in [0.2, 0.25) is 0 Å². The summed E-state index contributed by atoms with van der Waals surface area (Å²) in [6, 6.07) is 17.3. The molecule has 2 aromatic carbocycles. The number of carbonyl (C=O) groups excluding carboxylic acids is 2. The molecule has 0 aliphatic heterocycles. The molecule has 0 saturated heterocycles. The van der Waals surface area contributed by atoms with Gasteiger partial charge in [0, 0.05) is 18.1 Å². The van der Waals surface area contributed by atoms with Crippen LogP contribution in [-0.2, 0) is 11.3 Å². The second-order valence-electron chi connectivity index (χ2n) is 7.40. The minimum Gasteiger partial charge on any atom is -0.334 e. The van der Waals surface area contributed by atoms with Crippen molar-refractivity contribution in [2.75, 3.05) is 11.9 Å². The fourth-order valence-electron chi connectivity index (χ4n) is 3.33. The van der Waals surface area contributed by atoms with Crippen LogP contribution in [0.25, 0.3) is 10.9 Å². The summed E-state index contributed by atoms with van der Waals surface area (Å²) in [5.74, 6) is -0.384. The monoisotopic (exact) mass is 450 g/mol. The Balaban J connectivity index is 1.63. The van der Waals surface area contributed by atoms with E-state index in [0.717, 1.165) is 10.9 Å². The van der Waals surface area contributed by atoms with Gasteiger partial charge in [-0.15, -0.1) is 5.43 Å². The molecule has 3 rings (SSSR count). The van der Waals surface area contributed by atoms with Crippen molar-refractivity contribution < 1.29 is 14.6 Å². The zero-order valence-corrected chi connectivity index (χ0v) is 18.0. The van der Waals surface area contributed by atoms with Crippen LogP contribution < -0.4 is 21.4 Å². The number of urea groups is 1. The summed E-state index contributed by atoms with van der Waals surface area (Å²) < 4.78 is 0. The number of pyridine rings is 1. The second kappa shape index (κ2) is 12.0. The van der Waals surface area contributed by atoms with E-state index in [0.29, 0.717) is 37.0 Å². The number of hydrogen-bond donors (Lipinski definition) is 4. The molecule has 4 N–H and O–H groups in total. The van der Waals surface area contributed by atoms with E-state index in [1.54, 1.807) is 12.3 Å². The number of amides is 3. The molecule has 1 heterocycles. The van der Waals surface area contributed by atoms with Crippen LogP contribution in [0.15, 0.2) is 66.9 Å². The van der Waals surface area contributed by atoms with Gasteiger partial charge >= 0.3 is 6.03 Å². The molecule has 0 aliphatic carbocycles. The lowest BCUT2D eigenvalue weighted by Gasteiger charge is -2.19. The number of aromatic nitrogens is 1. The van der Waals surface area contributed by atoms with Gasteiger partial charge in [0.05, 0.1) is 17.7 Å². The first-order valence-corrected chi connectivity index (χ1v) is 10.6. The fourth-order valence-corrected chi connectivity index (χ4v) is 3.33. The fraction of sp³-hybridized carbons (Fsp3) is 0.261. The van der Waals surface area contributed by atoms with E-state index in [1.807, 2.05) is 54.6 Å². The molecule has 0 bridgehead atoms. The molecule has 33 heavy (non-hydrogen) atoms. The molecule has 0 unspecified atom stereocenters. The predicted molar refractivity (Wildman–Crippen MR) is 125 cm³/mol. The molecule has 1 atom stereocenters. The maximum atomic E-state index is 13.0. The van der Waals surface area contributed by atoms with Crippen molar-refractivity contribution >= 4 is 28.5 Å². The van der Waals surface area contributed by atoms with Gasteiger partial charge in [-0.3, -0.25) is 9.78 Å². The Kier molecular flexibility index (Phi) is 8.52. The maximum absolute atomic E-state index is 13.0. The van der Waals surface area contributed by atoms with Crippen LogP contribution in [0.5, 0.6) is 0 Å². The van der Waals surface area contributed by atoms with Crippen molar-refractivity contribution in [1.29, 1.82) is 0 Å². The van der Waals surface area contributed by atoms with Crippen molar-refractivity contribution in [3.8, 4) is 0 Å². The van der Waals surface area contributed by atoms with Gasteiger partial charge in [0.1, 0.15) is 6.04 Å². The number of benzene rings is 2. The highest BCUT2D eigenvalue weighted by Gasteiger charge is 2.21. The van der Waals surface area contributed by atoms with Crippen molar-refractivity contribution in [2.24, 2.45) is 0 Å². The van der Waals surface area contributed by atoms with Gasteiger partial charge in [-0.25, -0.2) is 14.9 Å². The number of anilines is 1. The first kappa shape index (κ1) is 23.5.